The highest BCUT2D eigenvalue weighted by atomic mass is 32.2. The quantitative estimate of drug-likeness (QED) is 0.782. The Morgan fingerprint density at radius 3 is 2.44 bits per heavy atom. The van der Waals surface area contributed by atoms with E-state index in [4.69, 9.17) is 0 Å². The second kappa shape index (κ2) is 7.59. The number of pyridine rings is 1. The molecule has 1 saturated heterocycles. The van der Waals surface area contributed by atoms with Crippen LogP contribution >= 0.6 is 0 Å². The van der Waals surface area contributed by atoms with Crippen LogP contribution in [0.3, 0.4) is 0 Å². The van der Waals surface area contributed by atoms with Crippen molar-refractivity contribution in [2.24, 2.45) is 0 Å². The third kappa shape index (κ3) is 3.87. The Hall–Kier alpha value is -1.93. The van der Waals surface area contributed by atoms with Gasteiger partial charge in [0.25, 0.3) is 5.91 Å². The van der Waals surface area contributed by atoms with Gasteiger partial charge in [0.15, 0.2) is 0 Å². The fourth-order valence-electron chi connectivity index (χ4n) is 3.89. The van der Waals surface area contributed by atoms with Gasteiger partial charge in [-0.3, -0.25) is 4.79 Å². The molecule has 7 nitrogen and oxygen atoms in total. The number of sulfonamides is 1. The van der Waals surface area contributed by atoms with Crippen LogP contribution in [0.1, 0.15) is 54.2 Å². The lowest BCUT2D eigenvalue weighted by Gasteiger charge is -2.30. The van der Waals surface area contributed by atoms with Crippen molar-refractivity contribution in [2.45, 2.75) is 39.5 Å². The van der Waals surface area contributed by atoms with E-state index in [9.17, 15) is 13.2 Å². The average Bonchev–Trinajstić information content (AvgIpc) is 2.96. The highest BCUT2D eigenvalue weighted by Crippen LogP contribution is 2.30. The fraction of sp³-hybridized carbons (Fsp3) is 0.579. The van der Waals surface area contributed by atoms with Crippen molar-refractivity contribution < 1.29 is 13.2 Å². The number of fused-ring (bicyclic) bond motifs is 1. The summed E-state index contributed by atoms with van der Waals surface area (Å²) >= 11 is 0. The smallest absolute Gasteiger partial charge is 0.257 e. The summed E-state index contributed by atoms with van der Waals surface area (Å²) in [6.07, 6.45) is 4.74. The molecule has 0 aliphatic carbocycles. The molecule has 1 amide bonds. The maximum Gasteiger partial charge on any atom is 0.257 e. The summed E-state index contributed by atoms with van der Waals surface area (Å²) in [4.78, 5) is 14.7. The van der Waals surface area contributed by atoms with Crippen LogP contribution in [-0.4, -0.2) is 65.6 Å². The zero-order valence-corrected chi connectivity index (χ0v) is 17.3. The maximum absolute atomic E-state index is 12.9. The van der Waals surface area contributed by atoms with Crippen LogP contribution in [0.5, 0.6) is 0 Å². The minimum atomic E-state index is -3.13. The number of carbonyl (C=O) groups is 1. The number of piperidine rings is 1. The molecule has 1 aliphatic heterocycles. The second-order valence-corrected chi connectivity index (χ2v) is 9.15. The molecule has 0 radical (unpaired) electrons. The van der Waals surface area contributed by atoms with E-state index in [1.54, 1.807) is 13.7 Å². The molecule has 0 saturated carbocycles. The van der Waals surface area contributed by atoms with Crippen LogP contribution < -0.4 is 0 Å². The highest BCUT2D eigenvalue weighted by Gasteiger charge is 2.27. The monoisotopic (exact) mass is 392 g/mol. The minimum absolute atomic E-state index is 0.0107. The van der Waals surface area contributed by atoms with Gasteiger partial charge in [-0.15, -0.1) is 0 Å². The molecule has 0 spiro atoms. The Kier molecular flexibility index (Phi) is 5.58. The molecule has 1 fully saturated rings. The predicted molar refractivity (Wildman–Crippen MR) is 106 cm³/mol. The lowest BCUT2D eigenvalue weighted by atomic mass is 9.90. The molecule has 0 unspecified atom stereocenters. The first-order chi connectivity index (χ1) is 12.8. The lowest BCUT2D eigenvalue weighted by molar-refractivity contribution is 0.0774. The van der Waals surface area contributed by atoms with Crippen molar-refractivity contribution in [1.29, 1.82) is 0 Å². The lowest BCUT2D eigenvalue weighted by Crippen LogP contribution is -2.37. The van der Waals surface area contributed by atoms with Crippen LogP contribution in [0.25, 0.3) is 5.52 Å². The molecule has 0 aromatic carbocycles. The molecule has 2 aromatic heterocycles. The van der Waals surface area contributed by atoms with Gasteiger partial charge < -0.3 is 4.90 Å². The van der Waals surface area contributed by atoms with Gasteiger partial charge in [0, 0.05) is 32.4 Å². The Morgan fingerprint density at radius 1 is 1.26 bits per heavy atom. The van der Waals surface area contributed by atoms with E-state index in [0.717, 1.165) is 29.6 Å². The van der Waals surface area contributed by atoms with Crippen LogP contribution in [0.15, 0.2) is 18.3 Å². The van der Waals surface area contributed by atoms with Crippen molar-refractivity contribution in [3.8, 4) is 0 Å². The van der Waals surface area contributed by atoms with Crippen LogP contribution in [0, 0.1) is 6.92 Å². The summed E-state index contributed by atoms with van der Waals surface area (Å²) in [5, 5.41) is 4.50. The van der Waals surface area contributed by atoms with Crippen molar-refractivity contribution in [3.05, 3.63) is 35.2 Å². The largest absolute Gasteiger partial charge is 0.339 e. The molecule has 1 aliphatic rings. The number of hydrogen-bond acceptors (Lipinski definition) is 4. The third-order valence-electron chi connectivity index (χ3n) is 5.49. The summed E-state index contributed by atoms with van der Waals surface area (Å²) in [5.41, 5.74) is 3.36. The van der Waals surface area contributed by atoms with E-state index in [-0.39, 0.29) is 5.91 Å². The molecule has 8 heteroatoms. The predicted octanol–water partition coefficient (Wildman–Crippen LogP) is 2.26. The molecule has 0 atom stereocenters. The zero-order valence-electron chi connectivity index (χ0n) is 16.5. The van der Waals surface area contributed by atoms with E-state index in [1.807, 2.05) is 33.0 Å². The summed E-state index contributed by atoms with van der Waals surface area (Å²) in [7, 11) is -3.13. The van der Waals surface area contributed by atoms with Gasteiger partial charge in [-0.2, -0.15) is 5.10 Å². The number of carbonyl (C=O) groups excluding carboxylic acids is 1. The third-order valence-corrected chi connectivity index (χ3v) is 6.80. The first-order valence-electron chi connectivity index (χ1n) is 9.49. The van der Waals surface area contributed by atoms with Gasteiger partial charge >= 0.3 is 0 Å². The van der Waals surface area contributed by atoms with E-state index in [0.29, 0.717) is 37.7 Å². The van der Waals surface area contributed by atoms with E-state index < -0.39 is 10.0 Å². The van der Waals surface area contributed by atoms with Crippen molar-refractivity contribution in [1.82, 2.24) is 18.8 Å². The molecule has 2 aromatic rings. The Balaban J connectivity index is 1.91. The minimum Gasteiger partial charge on any atom is -0.339 e. The second-order valence-electron chi connectivity index (χ2n) is 7.16. The van der Waals surface area contributed by atoms with Gasteiger partial charge in [0.1, 0.15) is 0 Å². The van der Waals surface area contributed by atoms with Gasteiger partial charge in [-0.25, -0.2) is 17.2 Å². The number of nitrogens with zero attached hydrogens (tertiary/aromatic N) is 4. The molecule has 27 heavy (non-hydrogen) atoms. The molecule has 0 N–H and O–H groups in total. The van der Waals surface area contributed by atoms with Crippen molar-refractivity contribution in [2.75, 3.05) is 32.4 Å². The van der Waals surface area contributed by atoms with Gasteiger partial charge in [0.05, 0.1) is 23.0 Å². The molecular weight excluding hydrogens is 364 g/mol. The summed E-state index contributed by atoms with van der Waals surface area (Å²) in [5.74, 6) is 0.302. The normalized spacial score (nSPS) is 16.7. The molecule has 148 valence electrons. The average molecular weight is 393 g/mol. The van der Waals surface area contributed by atoms with E-state index in [1.165, 1.54) is 6.26 Å². The maximum atomic E-state index is 12.9. The molecule has 0 bridgehead atoms. The SMILES string of the molecule is CCN(CC)C(=O)c1c(C)nn2ccc(C3CCN(S(C)(=O)=O)CC3)cc12. The van der Waals surface area contributed by atoms with Crippen LogP contribution in [-0.2, 0) is 10.0 Å². The first-order valence-corrected chi connectivity index (χ1v) is 11.3. The standard InChI is InChI=1S/C19H28N4O3S/c1-5-21(6-2)19(24)18-14(3)20-23-12-9-16(13-17(18)23)15-7-10-22(11-8-15)27(4,25)26/h9,12-13,15H,5-8,10-11H2,1-4H3. The van der Waals surface area contributed by atoms with Crippen molar-refractivity contribution in [3.63, 3.8) is 0 Å². The topological polar surface area (TPSA) is 75.0 Å². The van der Waals surface area contributed by atoms with Gasteiger partial charge in [-0.05, 0) is 57.2 Å². The molecule has 3 rings (SSSR count). The first kappa shape index (κ1) is 19.8. The Bertz CT molecular complexity index is 939. The van der Waals surface area contributed by atoms with Crippen LogP contribution in [0.2, 0.25) is 0 Å². The fourth-order valence-corrected chi connectivity index (χ4v) is 4.76. The van der Waals surface area contributed by atoms with Gasteiger partial charge in [0.2, 0.25) is 10.0 Å². The number of aromatic nitrogens is 2. The Morgan fingerprint density at radius 2 is 1.89 bits per heavy atom. The van der Waals surface area contributed by atoms with E-state index in [2.05, 4.69) is 11.2 Å². The zero-order chi connectivity index (χ0) is 19.8. The molecular formula is C19H28N4O3S. The summed E-state index contributed by atoms with van der Waals surface area (Å²) in [6, 6.07) is 4.09. The number of rotatable bonds is 5. The van der Waals surface area contributed by atoms with Crippen LogP contribution in [0.4, 0.5) is 0 Å². The highest BCUT2D eigenvalue weighted by molar-refractivity contribution is 7.88. The van der Waals surface area contributed by atoms with Crippen molar-refractivity contribution >= 4 is 21.4 Å². The number of amides is 1. The number of aryl methyl sites for hydroxylation is 1. The van der Waals surface area contributed by atoms with E-state index >= 15 is 0 Å². The molecule has 3 heterocycles. The summed E-state index contributed by atoms with van der Waals surface area (Å²) in [6.45, 7) is 8.22. The Labute approximate surface area is 161 Å². The number of hydrogen-bond donors (Lipinski definition) is 0. The summed E-state index contributed by atoms with van der Waals surface area (Å²) < 4.78 is 26.7. The van der Waals surface area contributed by atoms with Gasteiger partial charge in [-0.1, -0.05) is 0 Å².